The summed E-state index contributed by atoms with van der Waals surface area (Å²) in [5, 5.41) is 4.03. The average molecular weight is 277 g/mol. The first-order valence-electron chi connectivity index (χ1n) is 5.51. The summed E-state index contributed by atoms with van der Waals surface area (Å²) in [6, 6.07) is 12.7. The van der Waals surface area contributed by atoms with Crippen molar-refractivity contribution in [2.75, 3.05) is 0 Å². The third-order valence-corrected chi connectivity index (χ3v) is 2.72. The van der Waals surface area contributed by atoms with E-state index in [1.54, 1.807) is 42.5 Å². The van der Waals surface area contributed by atoms with Crippen molar-refractivity contribution in [2.45, 2.75) is 0 Å². The van der Waals surface area contributed by atoms with E-state index in [9.17, 15) is 9.18 Å². The summed E-state index contributed by atoms with van der Waals surface area (Å²) < 4.78 is 13.3. The van der Waals surface area contributed by atoms with Gasteiger partial charge in [0.2, 0.25) is 0 Å². The predicted molar refractivity (Wildman–Crippen MR) is 72.9 cm³/mol. The SMILES string of the molecule is O=C(N/N=C/c1ccccc1F)c1ccccc1Cl. The van der Waals surface area contributed by atoms with E-state index in [2.05, 4.69) is 10.5 Å². The first-order chi connectivity index (χ1) is 9.18. The molecule has 0 unspecified atom stereocenters. The Morgan fingerprint density at radius 1 is 1.16 bits per heavy atom. The van der Waals surface area contributed by atoms with Crippen LogP contribution in [0, 0.1) is 5.82 Å². The molecule has 96 valence electrons. The molecule has 0 aliphatic carbocycles. The molecule has 3 nitrogen and oxygen atoms in total. The molecule has 0 spiro atoms. The summed E-state index contributed by atoms with van der Waals surface area (Å²) in [5.74, 6) is -0.851. The lowest BCUT2D eigenvalue weighted by molar-refractivity contribution is 0.0955. The van der Waals surface area contributed by atoms with Crippen LogP contribution in [0.3, 0.4) is 0 Å². The zero-order valence-corrected chi connectivity index (χ0v) is 10.6. The lowest BCUT2D eigenvalue weighted by atomic mass is 10.2. The Morgan fingerprint density at radius 2 is 1.84 bits per heavy atom. The van der Waals surface area contributed by atoms with Crippen LogP contribution in [-0.2, 0) is 0 Å². The van der Waals surface area contributed by atoms with Crippen molar-refractivity contribution < 1.29 is 9.18 Å². The second-order valence-corrected chi connectivity index (χ2v) is 4.11. The highest BCUT2D eigenvalue weighted by atomic mass is 35.5. The molecular formula is C14H10ClFN2O. The summed E-state index contributed by atoms with van der Waals surface area (Å²) in [4.78, 5) is 11.7. The van der Waals surface area contributed by atoms with Gasteiger partial charge in [0.15, 0.2) is 0 Å². The third-order valence-electron chi connectivity index (χ3n) is 2.39. The van der Waals surface area contributed by atoms with Crippen molar-refractivity contribution in [1.82, 2.24) is 5.43 Å². The Balaban J connectivity index is 2.06. The molecule has 0 heterocycles. The van der Waals surface area contributed by atoms with Crippen LogP contribution in [0.4, 0.5) is 4.39 Å². The quantitative estimate of drug-likeness (QED) is 0.679. The van der Waals surface area contributed by atoms with E-state index in [-0.39, 0.29) is 0 Å². The van der Waals surface area contributed by atoms with Crippen LogP contribution in [0.25, 0.3) is 0 Å². The Hall–Kier alpha value is -2.20. The van der Waals surface area contributed by atoms with Crippen molar-refractivity contribution in [3.05, 3.63) is 70.5 Å². The third kappa shape index (κ3) is 3.39. The van der Waals surface area contributed by atoms with E-state index in [1.807, 2.05) is 0 Å². The normalized spacial score (nSPS) is 10.6. The minimum absolute atomic E-state index is 0.293. The van der Waals surface area contributed by atoms with Crippen LogP contribution in [0.1, 0.15) is 15.9 Å². The Labute approximate surface area is 114 Å². The fraction of sp³-hybridized carbons (Fsp3) is 0. The Kier molecular flexibility index (Phi) is 4.26. The first kappa shape index (κ1) is 13.2. The molecule has 0 atom stereocenters. The van der Waals surface area contributed by atoms with Crippen molar-refractivity contribution in [2.24, 2.45) is 5.10 Å². The van der Waals surface area contributed by atoms with Crippen molar-refractivity contribution in [3.8, 4) is 0 Å². The van der Waals surface area contributed by atoms with Crippen LogP contribution < -0.4 is 5.43 Å². The number of hydrogen-bond donors (Lipinski definition) is 1. The number of benzene rings is 2. The molecule has 0 saturated carbocycles. The molecule has 5 heteroatoms. The molecule has 2 aromatic rings. The minimum Gasteiger partial charge on any atom is -0.267 e. The molecular weight excluding hydrogens is 267 g/mol. The highest BCUT2D eigenvalue weighted by Gasteiger charge is 2.07. The van der Waals surface area contributed by atoms with Gasteiger partial charge < -0.3 is 0 Å². The average Bonchev–Trinajstić information content (AvgIpc) is 2.41. The predicted octanol–water partition coefficient (Wildman–Crippen LogP) is 3.24. The molecule has 0 fully saturated rings. The van der Waals surface area contributed by atoms with Crippen LogP contribution in [-0.4, -0.2) is 12.1 Å². The number of hydrazone groups is 1. The van der Waals surface area contributed by atoms with Gasteiger partial charge in [-0.25, -0.2) is 9.82 Å². The lowest BCUT2D eigenvalue weighted by Gasteiger charge is -2.01. The molecule has 0 radical (unpaired) electrons. The van der Waals surface area contributed by atoms with E-state index >= 15 is 0 Å². The maximum absolute atomic E-state index is 13.3. The van der Waals surface area contributed by atoms with Gasteiger partial charge in [0.25, 0.3) is 5.91 Å². The van der Waals surface area contributed by atoms with E-state index in [4.69, 9.17) is 11.6 Å². The number of rotatable bonds is 3. The van der Waals surface area contributed by atoms with Crippen molar-refractivity contribution in [3.63, 3.8) is 0 Å². The molecule has 0 saturated heterocycles. The molecule has 0 bridgehead atoms. The number of hydrogen-bond acceptors (Lipinski definition) is 2. The van der Waals surface area contributed by atoms with Gasteiger partial charge in [0.05, 0.1) is 16.8 Å². The lowest BCUT2D eigenvalue weighted by Crippen LogP contribution is -2.18. The molecule has 0 aliphatic rings. The summed E-state index contributed by atoms with van der Waals surface area (Å²) in [7, 11) is 0. The van der Waals surface area contributed by atoms with Crippen molar-refractivity contribution >= 4 is 23.7 Å². The Morgan fingerprint density at radius 3 is 2.58 bits per heavy atom. The second kappa shape index (κ2) is 6.11. The molecule has 19 heavy (non-hydrogen) atoms. The van der Waals surface area contributed by atoms with Crippen LogP contribution in [0.15, 0.2) is 53.6 Å². The van der Waals surface area contributed by atoms with E-state index in [0.717, 1.165) is 0 Å². The summed E-state index contributed by atoms with van der Waals surface area (Å²) in [5.41, 5.74) is 2.90. The highest BCUT2D eigenvalue weighted by Crippen LogP contribution is 2.14. The topological polar surface area (TPSA) is 41.5 Å². The number of carbonyl (C=O) groups excluding carboxylic acids is 1. The van der Waals surface area contributed by atoms with Gasteiger partial charge in [-0.15, -0.1) is 0 Å². The van der Waals surface area contributed by atoms with Crippen LogP contribution in [0.5, 0.6) is 0 Å². The van der Waals surface area contributed by atoms with Crippen LogP contribution in [0.2, 0.25) is 5.02 Å². The van der Waals surface area contributed by atoms with Gasteiger partial charge in [-0.05, 0) is 18.2 Å². The number of nitrogens with one attached hydrogen (secondary N) is 1. The highest BCUT2D eigenvalue weighted by molar-refractivity contribution is 6.33. The molecule has 2 aromatic carbocycles. The maximum Gasteiger partial charge on any atom is 0.272 e. The van der Waals surface area contributed by atoms with Gasteiger partial charge >= 0.3 is 0 Å². The summed E-state index contributed by atoms with van der Waals surface area (Å²) >= 11 is 5.87. The van der Waals surface area contributed by atoms with Crippen LogP contribution >= 0.6 is 11.6 Å². The molecule has 0 aliphatic heterocycles. The van der Waals surface area contributed by atoms with Gasteiger partial charge in [-0.2, -0.15) is 5.10 Å². The monoisotopic (exact) mass is 276 g/mol. The fourth-order valence-electron chi connectivity index (χ4n) is 1.45. The molecule has 0 aromatic heterocycles. The smallest absolute Gasteiger partial charge is 0.267 e. The van der Waals surface area contributed by atoms with Gasteiger partial charge in [0, 0.05) is 5.56 Å². The van der Waals surface area contributed by atoms with E-state index < -0.39 is 11.7 Å². The largest absolute Gasteiger partial charge is 0.272 e. The Bertz CT molecular complexity index is 628. The standard InChI is InChI=1S/C14H10ClFN2O/c15-12-7-3-2-6-11(12)14(19)18-17-9-10-5-1-4-8-13(10)16/h1-9H,(H,18,19)/b17-9+. The number of halogens is 2. The first-order valence-corrected chi connectivity index (χ1v) is 5.89. The zero-order chi connectivity index (χ0) is 13.7. The zero-order valence-electron chi connectivity index (χ0n) is 9.81. The number of nitrogens with zero attached hydrogens (tertiary/aromatic N) is 1. The molecule has 2 rings (SSSR count). The minimum atomic E-state index is -0.446. The summed E-state index contributed by atoms with van der Waals surface area (Å²) in [6.45, 7) is 0. The maximum atomic E-state index is 13.3. The number of carbonyl (C=O) groups is 1. The fourth-order valence-corrected chi connectivity index (χ4v) is 1.67. The molecule has 1 N–H and O–H groups in total. The van der Waals surface area contributed by atoms with E-state index in [1.165, 1.54) is 12.3 Å². The summed E-state index contributed by atoms with van der Waals surface area (Å²) in [6.07, 6.45) is 1.24. The van der Waals surface area contributed by atoms with Gasteiger partial charge in [-0.1, -0.05) is 41.9 Å². The molecule has 1 amide bonds. The van der Waals surface area contributed by atoms with E-state index in [0.29, 0.717) is 16.1 Å². The second-order valence-electron chi connectivity index (χ2n) is 3.70. The van der Waals surface area contributed by atoms with Gasteiger partial charge in [0.1, 0.15) is 5.82 Å². The van der Waals surface area contributed by atoms with Crippen molar-refractivity contribution in [1.29, 1.82) is 0 Å². The van der Waals surface area contributed by atoms with Gasteiger partial charge in [-0.3, -0.25) is 4.79 Å². The number of amides is 1.